The van der Waals surface area contributed by atoms with Crippen LogP contribution in [0.5, 0.6) is 11.5 Å². The Morgan fingerprint density at radius 2 is 1.71 bits per heavy atom. The SMILES string of the molecule is COc1ccc(S(=O)(=O)c2ccc3c(c2)C2O[C@@H]2C(C)(C)O3)cc1. The van der Waals surface area contributed by atoms with Gasteiger partial charge in [0.25, 0.3) is 0 Å². The van der Waals surface area contributed by atoms with E-state index < -0.39 is 15.4 Å². The van der Waals surface area contributed by atoms with Crippen LogP contribution in [0, 0.1) is 0 Å². The fourth-order valence-corrected chi connectivity index (χ4v) is 4.41. The molecule has 0 aliphatic carbocycles. The maximum atomic E-state index is 12.8. The van der Waals surface area contributed by atoms with E-state index in [1.54, 1.807) is 49.6 Å². The van der Waals surface area contributed by atoms with Crippen molar-refractivity contribution in [1.29, 1.82) is 0 Å². The van der Waals surface area contributed by atoms with Gasteiger partial charge in [0.1, 0.15) is 29.3 Å². The largest absolute Gasteiger partial charge is 0.497 e. The molecule has 0 spiro atoms. The van der Waals surface area contributed by atoms with Crippen molar-refractivity contribution >= 4 is 9.84 Å². The van der Waals surface area contributed by atoms with Crippen LogP contribution in [0.2, 0.25) is 0 Å². The van der Waals surface area contributed by atoms with Gasteiger partial charge >= 0.3 is 0 Å². The number of hydrogen-bond donors (Lipinski definition) is 0. The van der Waals surface area contributed by atoms with Crippen molar-refractivity contribution in [3.63, 3.8) is 0 Å². The van der Waals surface area contributed by atoms with Gasteiger partial charge in [-0.25, -0.2) is 8.42 Å². The molecule has 2 atom stereocenters. The lowest BCUT2D eigenvalue weighted by Gasteiger charge is -2.29. The molecule has 5 nitrogen and oxygen atoms in total. The van der Waals surface area contributed by atoms with Crippen molar-refractivity contribution in [1.82, 2.24) is 0 Å². The van der Waals surface area contributed by atoms with Crippen LogP contribution in [0.25, 0.3) is 0 Å². The number of epoxide rings is 1. The summed E-state index contributed by atoms with van der Waals surface area (Å²) < 4.78 is 42.4. The lowest BCUT2D eigenvalue weighted by Crippen LogP contribution is -2.37. The quantitative estimate of drug-likeness (QED) is 0.799. The minimum Gasteiger partial charge on any atom is -0.497 e. The van der Waals surface area contributed by atoms with Crippen LogP contribution in [0.15, 0.2) is 52.3 Å². The first-order valence-electron chi connectivity index (χ1n) is 7.70. The highest BCUT2D eigenvalue weighted by atomic mass is 32.2. The number of methoxy groups -OCH3 is 1. The minimum atomic E-state index is -3.60. The van der Waals surface area contributed by atoms with Gasteiger partial charge in [0, 0.05) is 5.56 Å². The molecule has 2 heterocycles. The lowest BCUT2D eigenvalue weighted by molar-refractivity contribution is 0.0724. The Hall–Kier alpha value is -2.05. The van der Waals surface area contributed by atoms with E-state index in [2.05, 4.69) is 0 Å². The average Bonchev–Trinajstić information content (AvgIpc) is 3.36. The van der Waals surface area contributed by atoms with E-state index in [-0.39, 0.29) is 22.0 Å². The Labute approximate surface area is 141 Å². The van der Waals surface area contributed by atoms with Gasteiger partial charge in [-0.2, -0.15) is 0 Å². The van der Waals surface area contributed by atoms with Crippen LogP contribution >= 0.6 is 0 Å². The van der Waals surface area contributed by atoms with Crippen molar-refractivity contribution in [2.24, 2.45) is 0 Å². The molecule has 126 valence electrons. The smallest absolute Gasteiger partial charge is 0.206 e. The van der Waals surface area contributed by atoms with Gasteiger partial charge in [-0.05, 0) is 56.3 Å². The zero-order valence-corrected chi connectivity index (χ0v) is 14.5. The zero-order valence-electron chi connectivity index (χ0n) is 13.6. The van der Waals surface area contributed by atoms with Crippen molar-refractivity contribution < 1.29 is 22.6 Å². The summed E-state index contributed by atoms with van der Waals surface area (Å²) in [6, 6.07) is 11.3. The third-order valence-corrected chi connectivity index (χ3v) is 6.28. The van der Waals surface area contributed by atoms with Gasteiger partial charge in [-0.15, -0.1) is 0 Å². The first-order valence-corrected chi connectivity index (χ1v) is 9.19. The normalized spacial score (nSPS) is 23.6. The number of benzene rings is 2. The first-order chi connectivity index (χ1) is 11.3. The second-order valence-electron chi connectivity index (χ2n) is 6.56. The van der Waals surface area contributed by atoms with Crippen LogP contribution in [0.4, 0.5) is 0 Å². The number of rotatable bonds is 3. The molecule has 2 aromatic carbocycles. The first kappa shape index (κ1) is 15.5. The maximum absolute atomic E-state index is 12.8. The third kappa shape index (κ3) is 2.29. The van der Waals surface area contributed by atoms with Crippen LogP contribution in [-0.2, 0) is 14.6 Å². The highest BCUT2D eigenvalue weighted by Gasteiger charge is 2.56. The summed E-state index contributed by atoms with van der Waals surface area (Å²) in [5, 5.41) is 0. The molecule has 0 bridgehead atoms. The van der Waals surface area contributed by atoms with Crippen molar-refractivity contribution in [3.8, 4) is 11.5 Å². The Kier molecular flexibility index (Phi) is 3.21. The summed E-state index contributed by atoms with van der Waals surface area (Å²) in [6.45, 7) is 3.95. The molecule has 2 aromatic rings. The standard InChI is InChI=1S/C18H18O5S/c1-18(2)17-16(22-17)14-10-13(8-9-15(14)23-18)24(19,20)12-6-4-11(21-3)5-7-12/h4-10,16-17H,1-3H3/t16?,17-/m0/s1. The number of fused-ring (bicyclic) bond motifs is 3. The Morgan fingerprint density at radius 1 is 1.04 bits per heavy atom. The molecular formula is C18H18O5S. The second kappa shape index (κ2) is 4.97. The van der Waals surface area contributed by atoms with Crippen LogP contribution in [-0.4, -0.2) is 27.2 Å². The van der Waals surface area contributed by atoms with E-state index in [9.17, 15) is 8.42 Å². The second-order valence-corrected chi connectivity index (χ2v) is 8.51. The van der Waals surface area contributed by atoms with Gasteiger partial charge in [-0.3, -0.25) is 0 Å². The molecular weight excluding hydrogens is 328 g/mol. The van der Waals surface area contributed by atoms with E-state index in [0.29, 0.717) is 11.5 Å². The fourth-order valence-electron chi connectivity index (χ4n) is 3.12. The average molecular weight is 346 g/mol. The Balaban J connectivity index is 1.73. The molecule has 6 heteroatoms. The molecule has 2 aliphatic rings. The maximum Gasteiger partial charge on any atom is 0.206 e. The van der Waals surface area contributed by atoms with Crippen molar-refractivity contribution in [3.05, 3.63) is 48.0 Å². The summed E-state index contributed by atoms with van der Waals surface area (Å²) in [6.07, 6.45) is -0.112. The molecule has 1 unspecified atom stereocenters. The minimum absolute atomic E-state index is 0.0241. The number of ether oxygens (including phenoxy) is 3. The zero-order chi connectivity index (χ0) is 17.1. The van der Waals surface area contributed by atoms with E-state index in [1.165, 1.54) is 0 Å². The van der Waals surface area contributed by atoms with Gasteiger partial charge in [0.2, 0.25) is 9.84 Å². The summed E-state index contributed by atoms with van der Waals surface area (Å²) >= 11 is 0. The summed E-state index contributed by atoms with van der Waals surface area (Å²) in [7, 11) is -2.06. The van der Waals surface area contributed by atoms with Crippen molar-refractivity contribution in [2.75, 3.05) is 7.11 Å². The Bertz CT molecular complexity index is 900. The summed E-state index contributed by atoms with van der Waals surface area (Å²) in [5.41, 5.74) is 0.405. The van der Waals surface area contributed by atoms with Gasteiger partial charge < -0.3 is 14.2 Å². The number of hydrogen-bond acceptors (Lipinski definition) is 5. The highest BCUT2D eigenvalue weighted by molar-refractivity contribution is 7.91. The monoisotopic (exact) mass is 346 g/mol. The molecule has 0 aromatic heterocycles. The molecule has 24 heavy (non-hydrogen) atoms. The lowest BCUT2D eigenvalue weighted by atomic mass is 9.94. The molecule has 0 N–H and O–H groups in total. The van der Waals surface area contributed by atoms with Crippen molar-refractivity contribution in [2.45, 2.75) is 41.4 Å². The summed E-state index contributed by atoms with van der Waals surface area (Å²) in [4.78, 5) is 0.470. The molecule has 4 rings (SSSR count). The fraction of sp³-hybridized carbons (Fsp3) is 0.333. The number of sulfone groups is 1. The molecule has 0 saturated carbocycles. The van der Waals surface area contributed by atoms with E-state index in [4.69, 9.17) is 14.2 Å². The van der Waals surface area contributed by atoms with Gasteiger partial charge in [-0.1, -0.05) is 0 Å². The van der Waals surface area contributed by atoms with E-state index >= 15 is 0 Å². The predicted octanol–water partition coefficient (Wildman–Crippen LogP) is 3.14. The van der Waals surface area contributed by atoms with Crippen LogP contribution in [0.1, 0.15) is 25.5 Å². The summed E-state index contributed by atoms with van der Waals surface area (Å²) in [5.74, 6) is 1.30. The van der Waals surface area contributed by atoms with Crippen LogP contribution in [0.3, 0.4) is 0 Å². The van der Waals surface area contributed by atoms with E-state index in [1.807, 2.05) is 13.8 Å². The Morgan fingerprint density at radius 3 is 2.38 bits per heavy atom. The van der Waals surface area contributed by atoms with Gasteiger partial charge in [0.15, 0.2) is 0 Å². The highest BCUT2D eigenvalue weighted by Crippen LogP contribution is 2.54. The molecule has 2 aliphatic heterocycles. The third-order valence-electron chi connectivity index (χ3n) is 4.52. The molecule has 1 saturated heterocycles. The predicted molar refractivity (Wildman–Crippen MR) is 87.2 cm³/mol. The molecule has 0 amide bonds. The molecule has 1 fully saturated rings. The molecule has 0 radical (unpaired) electrons. The van der Waals surface area contributed by atoms with Gasteiger partial charge in [0.05, 0.1) is 16.9 Å². The topological polar surface area (TPSA) is 65.1 Å². The van der Waals surface area contributed by atoms with Crippen LogP contribution < -0.4 is 9.47 Å². The van der Waals surface area contributed by atoms with E-state index in [0.717, 1.165) is 5.56 Å².